The lowest BCUT2D eigenvalue weighted by molar-refractivity contribution is 0.0503. The molecule has 1 atom stereocenters. The summed E-state index contributed by atoms with van der Waals surface area (Å²) in [6.07, 6.45) is 3.73. The highest BCUT2D eigenvalue weighted by atomic mass is 32.2. The van der Waals surface area contributed by atoms with Crippen LogP contribution in [0.1, 0.15) is 50.1 Å². The minimum Gasteiger partial charge on any atom is -0.444 e. The number of amides is 1. The van der Waals surface area contributed by atoms with Gasteiger partial charge in [-0.25, -0.2) is 17.2 Å². The molecule has 1 amide bonds. The van der Waals surface area contributed by atoms with Crippen LogP contribution in [0.4, 0.5) is 4.79 Å². The maximum Gasteiger partial charge on any atom is 0.408 e. The van der Waals surface area contributed by atoms with Gasteiger partial charge in [-0.15, -0.1) is 0 Å². The van der Waals surface area contributed by atoms with Crippen LogP contribution in [0.15, 0.2) is 65.8 Å². The zero-order valence-corrected chi connectivity index (χ0v) is 21.6. The Labute approximate surface area is 215 Å². The first-order valence-corrected chi connectivity index (χ1v) is 13.4. The van der Waals surface area contributed by atoms with Gasteiger partial charge in [0.25, 0.3) is 10.0 Å². The minimum absolute atomic E-state index is 0.152. The predicted octanol–water partition coefficient (Wildman–Crippen LogP) is 4.34. The number of hydrogen-bond acceptors (Lipinski definition) is 7. The first kappa shape index (κ1) is 24.9. The Balaban J connectivity index is 1.65. The second-order valence-electron chi connectivity index (χ2n) is 9.97. The Bertz CT molecular complexity index is 1570. The molecule has 2 aromatic carbocycles. The standard InChI is InChI=1S/C27H28N4O5S/c1-27(2,3)36-26(33)30-22-11-9-19-20(22)10-12-24-21(19)13-25(23-15-28-17(16-32)14-29-23)31(24)37(34,35)18-7-5-4-6-8-18/h4-8,10,12-15,22,32H,9,11,16H2,1-3H3,(H,30,33)/t22-/m1/s1. The van der Waals surface area contributed by atoms with E-state index in [-0.39, 0.29) is 17.5 Å². The maximum atomic E-state index is 13.9. The van der Waals surface area contributed by atoms with Gasteiger partial charge in [-0.3, -0.25) is 9.97 Å². The number of aliphatic hydroxyl groups is 1. The fraction of sp³-hybridized carbons (Fsp3) is 0.296. The van der Waals surface area contributed by atoms with Crippen LogP contribution in [-0.2, 0) is 27.8 Å². The highest BCUT2D eigenvalue weighted by Gasteiger charge is 2.31. The summed E-state index contributed by atoms with van der Waals surface area (Å²) in [7, 11) is -3.98. The number of nitrogens with one attached hydrogen (secondary N) is 1. The Morgan fingerprint density at radius 3 is 2.54 bits per heavy atom. The average molecular weight is 521 g/mol. The van der Waals surface area contributed by atoms with Gasteiger partial charge in [0.05, 0.1) is 46.8 Å². The molecule has 10 heteroatoms. The average Bonchev–Trinajstić information content (AvgIpc) is 3.45. The van der Waals surface area contributed by atoms with Crippen LogP contribution in [-0.4, -0.2) is 39.2 Å². The quantitative estimate of drug-likeness (QED) is 0.401. The van der Waals surface area contributed by atoms with Gasteiger partial charge in [0.15, 0.2) is 0 Å². The molecule has 0 fully saturated rings. The number of aliphatic hydroxyl groups excluding tert-OH is 1. The van der Waals surface area contributed by atoms with E-state index in [1.807, 2.05) is 32.9 Å². The van der Waals surface area contributed by atoms with Crippen molar-refractivity contribution in [2.45, 2.75) is 56.8 Å². The van der Waals surface area contributed by atoms with Gasteiger partial charge in [-0.1, -0.05) is 24.3 Å². The van der Waals surface area contributed by atoms with Crippen molar-refractivity contribution in [1.82, 2.24) is 19.3 Å². The van der Waals surface area contributed by atoms with Gasteiger partial charge in [0.1, 0.15) is 11.3 Å². The zero-order valence-electron chi connectivity index (χ0n) is 20.8. The molecule has 9 nitrogen and oxygen atoms in total. The van der Waals surface area contributed by atoms with Crippen molar-refractivity contribution in [3.05, 3.63) is 77.7 Å². The molecule has 0 spiro atoms. The normalized spacial score (nSPS) is 15.5. The number of carbonyl (C=O) groups excluding carboxylic acids is 1. The summed E-state index contributed by atoms with van der Waals surface area (Å²) < 4.78 is 34.5. The van der Waals surface area contributed by atoms with E-state index in [0.717, 1.165) is 16.5 Å². The molecule has 4 aromatic rings. The van der Waals surface area contributed by atoms with Crippen LogP contribution in [0.25, 0.3) is 22.3 Å². The number of ether oxygens (including phenoxy) is 1. The van der Waals surface area contributed by atoms with Crippen molar-refractivity contribution in [3.63, 3.8) is 0 Å². The molecule has 0 radical (unpaired) electrons. The Morgan fingerprint density at radius 2 is 1.89 bits per heavy atom. The summed E-state index contributed by atoms with van der Waals surface area (Å²) in [6, 6.07) is 13.4. The number of aromatic nitrogens is 3. The van der Waals surface area contributed by atoms with Crippen LogP contribution in [0.3, 0.4) is 0 Å². The third-order valence-corrected chi connectivity index (χ3v) is 7.99. The zero-order chi connectivity index (χ0) is 26.4. The summed E-state index contributed by atoms with van der Waals surface area (Å²) in [5.41, 5.74) is 2.93. The van der Waals surface area contributed by atoms with E-state index in [2.05, 4.69) is 15.3 Å². The van der Waals surface area contributed by atoms with Crippen LogP contribution >= 0.6 is 0 Å². The fourth-order valence-electron chi connectivity index (χ4n) is 4.69. The Hall–Kier alpha value is -3.76. The third-order valence-electron chi connectivity index (χ3n) is 6.25. The number of hydrogen-bond donors (Lipinski definition) is 2. The van der Waals surface area contributed by atoms with Gasteiger partial charge in [0, 0.05) is 5.39 Å². The molecule has 2 heterocycles. The molecule has 0 bridgehead atoms. The molecular formula is C27H28N4O5S. The number of aryl methyl sites for hydroxylation is 1. The van der Waals surface area contributed by atoms with Crippen molar-refractivity contribution < 1.29 is 23.1 Å². The first-order chi connectivity index (χ1) is 17.6. The molecule has 192 valence electrons. The van der Waals surface area contributed by atoms with Gasteiger partial charge >= 0.3 is 6.09 Å². The molecule has 5 rings (SSSR count). The van der Waals surface area contributed by atoms with Crippen LogP contribution in [0.2, 0.25) is 0 Å². The van der Waals surface area contributed by atoms with Crippen molar-refractivity contribution in [2.75, 3.05) is 0 Å². The van der Waals surface area contributed by atoms with Gasteiger partial charge in [-0.2, -0.15) is 0 Å². The van der Waals surface area contributed by atoms with E-state index in [1.165, 1.54) is 16.4 Å². The van der Waals surface area contributed by atoms with E-state index >= 15 is 0 Å². The molecule has 0 saturated carbocycles. The Morgan fingerprint density at radius 1 is 1.14 bits per heavy atom. The summed E-state index contributed by atoms with van der Waals surface area (Å²) in [4.78, 5) is 21.2. The minimum atomic E-state index is -3.98. The van der Waals surface area contributed by atoms with Gasteiger partial charge in [0.2, 0.25) is 0 Å². The summed E-state index contributed by atoms with van der Waals surface area (Å²) in [5, 5.41) is 13.1. The topological polar surface area (TPSA) is 123 Å². The predicted molar refractivity (Wildman–Crippen MR) is 138 cm³/mol. The monoisotopic (exact) mass is 520 g/mol. The SMILES string of the molecule is CC(C)(C)OC(=O)N[C@@H]1CCc2c1ccc1c2cc(-c2cnc(CO)cn2)n1S(=O)(=O)c1ccccc1. The largest absolute Gasteiger partial charge is 0.444 e. The molecule has 0 unspecified atom stereocenters. The van der Waals surface area contributed by atoms with Crippen molar-refractivity contribution in [1.29, 1.82) is 0 Å². The molecule has 37 heavy (non-hydrogen) atoms. The highest BCUT2D eigenvalue weighted by molar-refractivity contribution is 7.90. The number of carbonyl (C=O) groups is 1. The van der Waals surface area contributed by atoms with Crippen LogP contribution < -0.4 is 5.32 Å². The first-order valence-electron chi connectivity index (χ1n) is 12.0. The summed E-state index contributed by atoms with van der Waals surface area (Å²) >= 11 is 0. The number of rotatable bonds is 5. The third kappa shape index (κ3) is 4.70. The molecule has 0 aliphatic heterocycles. The lowest BCUT2D eigenvalue weighted by atomic mass is 10.0. The van der Waals surface area contributed by atoms with Crippen LogP contribution in [0.5, 0.6) is 0 Å². The lowest BCUT2D eigenvalue weighted by Gasteiger charge is -2.22. The number of nitrogens with zero attached hydrogens (tertiary/aromatic N) is 3. The van der Waals surface area contributed by atoms with Crippen molar-refractivity contribution in [2.24, 2.45) is 0 Å². The second kappa shape index (κ2) is 9.28. The summed E-state index contributed by atoms with van der Waals surface area (Å²) in [6.45, 7) is 5.17. The second-order valence-corrected chi connectivity index (χ2v) is 11.8. The van der Waals surface area contributed by atoms with E-state index in [0.29, 0.717) is 35.4 Å². The van der Waals surface area contributed by atoms with Crippen LogP contribution in [0, 0.1) is 0 Å². The molecule has 2 N–H and O–H groups in total. The molecular weight excluding hydrogens is 492 g/mol. The molecule has 2 aromatic heterocycles. The van der Waals surface area contributed by atoms with E-state index in [4.69, 9.17) is 4.74 Å². The molecule has 1 aliphatic rings. The number of alkyl carbamates (subject to hydrolysis) is 1. The molecule has 0 saturated heterocycles. The van der Waals surface area contributed by atoms with Crippen molar-refractivity contribution in [3.8, 4) is 11.4 Å². The number of fused-ring (bicyclic) bond motifs is 3. The fourth-order valence-corrected chi connectivity index (χ4v) is 6.22. The smallest absolute Gasteiger partial charge is 0.408 e. The summed E-state index contributed by atoms with van der Waals surface area (Å²) in [5.74, 6) is 0. The van der Waals surface area contributed by atoms with E-state index in [9.17, 15) is 18.3 Å². The van der Waals surface area contributed by atoms with Crippen molar-refractivity contribution >= 4 is 27.0 Å². The maximum absolute atomic E-state index is 13.9. The molecule has 1 aliphatic carbocycles. The van der Waals surface area contributed by atoms with E-state index < -0.39 is 21.7 Å². The van der Waals surface area contributed by atoms with E-state index in [1.54, 1.807) is 36.4 Å². The highest BCUT2D eigenvalue weighted by Crippen LogP contribution is 2.40. The number of benzene rings is 2. The lowest BCUT2D eigenvalue weighted by Crippen LogP contribution is -2.34. The van der Waals surface area contributed by atoms with Gasteiger partial charge < -0.3 is 15.2 Å². The Kier molecular flexibility index (Phi) is 6.25. The van der Waals surface area contributed by atoms with Gasteiger partial charge in [-0.05, 0) is 69.0 Å².